The molecule has 0 aliphatic heterocycles. The fourth-order valence-corrected chi connectivity index (χ4v) is 1.33. The van der Waals surface area contributed by atoms with Gasteiger partial charge in [0, 0.05) is 19.3 Å². The third-order valence-corrected chi connectivity index (χ3v) is 2.13. The first-order valence-corrected chi connectivity index (χ1v) is 5.15. The van der Waals surface area contributed by atoms with Crippen LogP contribution in [-0.2, 0) is 4.79 Å². The van der Waals surface area contributed by atoms with Crippen LogP contribution >= 0.6 is 0 Å². The van der Waals surface area contributed by atoms with E-state index in [2.05, 4.69) is 15.5 Å². The summed E-state index contributed by atoms with van der Waals surface area (Å²) in [6.45, 7) is 1.46. The quantitative estimate of drug-likeness (QED) is 0.494. The van der Waals surface area contributed by atoms with E-state index in [1.54, 1.807) is 17.0 Å². The van der Waals surface area contributed by atoms with E-state index in [0.29, 0.717) is 5.84 Å². The van der Waals surface area contributed by atoms with Gasteiger partial charge in [-0.05, 0) is 12.1 Å². The Balaban J connectivity index is 2.21. The number of nitrogens with one attached hydrogen (secondary N) is 1. The molecule has 0 amide bonds. The zero-order valence-corrected chi connectivity index (χ0v) is 9.37. The van der Waals surface area contributed by atoms with E-state index in [9.17, 15) is 4.79 Å². The van der Waals surface area contributed by atoms with Gasteiger partial charge in [-0.3, -0.25) is 14.8 Å². The van der Waals surface area contributed by atoms with Crippen molar-refractivity contribution >= 4 is 17.3 Å². The van der Waals surface area contributed by atoms with Gasteiger partial charge in [0.05, 0.1) is 5.69 Å². The second-order valence-corrected chi connectivity index (χ2v) is 3.44. The highest BCUT2D eigenvalue weighted by atomic mass is 16.1. The first kappa shape index (κ1) is 11.1. The second kappa shape index (κ2) is 5.07. The summed E-state index contributed by atoms with van der Waals surface area (Å²) in [5.74, 6) is 0.165. The van der Waals surface area contributed by atoms with Crippen molar-refractivity contribution in [2.75, 3.05) is 5.43 Å². The molecule has 0 spiro atoms. The number of hydrogen-bond acceptors (Lipinski definition) is 4. The Hall–Kier alpha value is -2.43. The summed E-state index contributed by atoms with van der Waals surface area (Å²) in [5.41, 5.74) is 3.66. The van der Waals surface area contributed by atoms with Gasteiger partial charge in [-0.15, -0.1) is 0 Å². The molecule has 1 N–H and O–H groups in total. The van der Waals surface area contributed by atoms with Gasteiger partial charge in [-0.2, -0.15) is 5.10 Å². The molecule has 1 heterocycles. The van der Waals surface area contributed by atoms with Crippen LogP contribution < -0.4 is 5.43 Å². The Morgan fingerprint density at radius 1 is 1.35 bits per heavy atom. The van der Waals surface area contributed by atoms with Gasteiger partial charge in [-0.1, -0.05) is 18.2 Å². The SMILES string of the molecule is CC(=O)C(=NNc1ccccc1)n1ccnc1. The van der Waals surface area contributed by atoms with Crippen LogP contribution in [0.1, 0.15) is 6.92 Å². The van der Waals surface area contributed by atoms with Crippen LogP contribution in [0.2, 0.25) is 0 Å². The van der Waals surface area contributed by atoms with Crippen LogP contribution in [-0.4, -0.2) is 21.2 Å². The van der Waals surface area contributed by atoms with E-state index in [1.165, 1.54) is 13.3 Å². The first-order chi connectivity index (χ1) is 8.27. The van der Waals surface area contributed by atoms with Crippen molar-refractivity contribution in [3.05, 3.63) is 49.1 Å². The number of benzene rings is 1. The number of imidazole rings is 1. The molecule has 0 bridgehead atoms. The summed E-state index contributed by atoms with van der Waals surface area (Å²) in [5, 5.41) is 4.08. The van der Waals surface area contributed by atoms with Gasteiger partial charge >= 0.3 is 0 Å². The van der Waals surface area contributed by atoms with Crippen LogP contribution in [0.25, 0.3) is 0 Å². The maximum atomic E-state index is 11.4. The van der Waals surface area contributed by atoms with E-state index >= 15 is 0 Å². The Morgan fingerprint density at radius 3 is 2.71 bits per heavy atom. The molecule has 0 saturated heterocycles. The summed E-state index contributed by atoms with van der Waals surface area (Å²) in [4.78, 5) is 15.3. The fourth-order valence-electron chi connectivity index (χ4n) is 1.33. The number of rotatable bonds is 3. The lowest BCUT2D eigenvalue weighted by atomic mass is 10.3. The molecule has 0 saturated carbocycles. The van der Waals surface area contributed by atoms with E-state index < -0.39 is 0 Å². The lowest BCUT2D eigenvalue weighted by Crippen LogP contribution is -2.20. The van der Waals surface area contributed by atoms with Crippen molar-refractivity contribution in [1.29, 1.82) is 0 Å². The number of carbonyl (C=O) groups excluding carboxylic acids is 1. The molecule has 1 aromatic heterocycles. The summed E-state index contributed by atoms with van der Waals surface area (Å²) in [6.07, 6.45) is 4.81. The van der Waals surface area contributed by atoms with Gasteiger partial charge in [0.1, 0.15) is 6.33 Å². The van der Waals surface area contributed by atoms with Gasteiger partial charge in [0.25, 0.3) is 0 Å². The van der Waals surface area contributed by atoms with Crippen LogP contribution in [0.15, 0.2) is 54.2 Å². The van der Waals surface area contributed by atoms with Gasteiger partial charge in [0.15, 0.2) is 5.78 Å². The van der Waals surface area contributed by atoms with E-state index in [0.717, 1.165) is 5.69 Å². The van der Waals surface area contributed by atoms with Crippen molar-refractivity contribution in [3.8, 4) is 0 Å². The van der Waals surface area contributed by atoms with Gasteiger partial charge in [-0.25, -0.2) is 4.98 Å². The highest BCUT2D eigenvalue weighted by Gasteiger charge is 2.07. The number of Topliss-reactive ketones (excluding diaryl/α,β-unsaturated/α-hetero) is 1. The molecule has 0 fully saturated rings. The number of ketones is 1. The maximum Gasteiger partial charge on any atom is 0.201 e. The second-order valence-electron chi connectivity index (χ2n) is 3.44. The topological polar surface area (TPSA) is 59.3 Å². The molecule has 0 aliphatic carbocycles. The number of nitrogens with zero attached hydrogens (tertiary/aromatic N) is 3. The maximum absolute atomic E-state index is 11.4. The van der Waals surface area contributed by atoms with Crippen LogP contribution in [0.5, 0.6) is 0 Å². The average Bonchev–Trinajstić information content (AvgIpc) is 2.84. The third kappa shape index (κ3) is 2.78. The summed E-state index contributed by atoms with van der Waals surface area (Å²) in [7, 11) is 0. The number of aromatic nitrogens is 2. The molecule has 0 radical (unpaired) electrons. The smallest absolute Gasteiger partial charge is 0.201 e. The molecule has 1 aromatic carbocycles. The fraction of sp³-hybridized carbons (Fsp3) is 0.0833. The molecule has 86 valence electrons. The Morgan fingerprint density at radius 2 is 2.12 bits per heavy atom. The Kier molecular flexibility index (Phi) is 3.30. The Bertz CT molecular complexity index is 517. The van der Waals surface area contributed by atoms with Crippen molar-refractivity contribution in [1.82, 2.24) is 9.55 Å². The van der Waals surface area contributed by atoms with E-state index in [-0.39, 0.29) is 5.78 Å². The van der Waals surface area contributed by atoms with Gasteiger partial charge in [0.2, 0.25) is 5.84 Å². The van der Waals surface area contributed by atoms with Gasteiger partial charge < -0.3 is 0 Å². The molecular formula is C12H12N4O. The monoisotopic (exact) mass is 228 g/mol. The zero-order chi connectivity index (χ0) is 12.1. The van der Waals surface area contributed by atoms with Crippen LogP contribution in [0, 0.1) is 0 Å². The average molecular weight is 228 g/mol. The largest absolute Gasteiger partial charge is 0.291 e. The molecular weight excluding hydrogens is 216 g/mol. The van der Waals surface area contributed by atoms with Crippen LogP contribution in [0.3, 0.4) is 0 Å². The summed E-state index contributed by atoms with van der Waals surface area (Å²) < 4.78 is 1.57. The predicted molar refractivity (Wildman–Crippen MR) is 65.8 cm³/mol. The molecule has 5 nitrogen and oxygen atoms in total. The first-order valence-electron chi connectivity index (χ1n) is 5.15. The molecule has 0 atom stereocenters. The lowest BCUT2D eigenvalue weighted by molar-refractivity contribution is -0.111. The lowest BCUT2D eigenvalue weighted by Gasteiger charge is -2.04. The number of para-hydroxylation sites is 1. The minimum atomic E-state index is -0.133. The van der Waals surface area contributed by atoms with Crippen molar-refractivity contribution in [2.45, 2.75) is 6.92 Å². The highest BCUT2D eigenvalue weighted by molar-refractivity contribution is 6.38. The minimum absolute atomic E-state index is 0.133. The van der Waals surface area contributed by atoms with E-state index in [4.69, 9.17) is 0 Å². The standard InChI is InChI=1S/C12H12N4O/c1-10(17)12(16-8-7-13-9-16)15-14-11-5-3-2-4-6-11/h2-9,14H,1H3. The number of hydrogen-bond donors (Lipinski definition) is 1. The minimum Gasteiger partial charge on any atom is -0.291 e. The van der Waals surface area contributed by atoms with Crippen molar-refractivity contribution < 1.29 is 4.79 Å². The predicted octanol–water partition coefficient (Wildman–Crippen LogP) is 1.75. The summed E-state index contributed by atoms with van der Waals surface area (Å²) in [6, 6.07) is 9.44. The molecule has 2 aromatic rings. The molecule has 0 aliphatic rings. The Labute approximate surface area is 98.8 Å². The van der Waals surface area contributed by atoms with E-state index in [1.807, 2.05) is 30.3 Å². The number of anilines is 1. The molecule has 2 rings (SSSR count). The zero-order valence-electron chi connectivity index (χ0n) is 9.37. The molecule has 5 heteroatoms. The third-order valence-electron chi connectivity index (χ3n) is 2.13. The summed E-state index contributed by atoms with van der Waals surface area (Å²) >= 11 is 0. The molecule has 17 heavy (non-hydrogen) atoms. The molecule has 0 unspecified atom stereocenters. The van der Waals surface area contributed by atoms with Crippen LogP contribution in [0.4, 0.5) is 5.69 Å². The normalized spacial score (nSPS) is 11.2. The highest BCUT2D eigenvalue weighted by Crippen LogP contribution is 2.04. The van der Waals surface area contributed by atoms with Crippen molar-refractivity contribution in [2.24, 2.45) is 5.10 Å². The number of hydrazone groups is 1. The van der Waals surface area contributed by atoms with Crippen molar-refractivity contribution in [3.63, 3.8) is 0 Å². The number of carbonyl (C=O) groups is 1.